The highest BCUT2D eigenvalue weighted by Crippen LogP contribution is 2.16. The Morgan fingerprint density at radius 2 is 2.05 bits per heavy atom. The summed E-state index contributed by atoms with van der Waals surface area (Å²) in [5.74, 6) is 1.80. The number of benzene rings is 1. The smallest absolute Gasteiger partial charge is 0.306 e. The molecule has 0 fully saturated rings. The van der Waals surface area contributed by atoms with Crippen molar-refractivity contribution in [3.8, 4) is 18.1 Å². The van der Waals surface area contributed by atoms with Crippen LogP contribution < -0.4 is 9.46 Å². The summed E-state index contributed by atoms with van der Waals surface area (Å²) >= 11 is 0. The van der Waals surface area contributed by atoms with Gasteiger partial charge in [-0.3, -0.25) is 4.79 Å². The molecule has 0 bridgehead atoms. The van der Waals surface area contributed by atoms with Crippen LogP contribution >= 0.6 is 0 Å². The molecular formula is C14H17NO5S. The first-order valence-electron chi connectivity index (χ1n) is 6.32. The van der Waals surface area contributed by atoms with Gasteiger partial charge in [0.15, 0.2) is 0 Å². The third-order valence-electron chi connectivity index (χ3n) is 2.63. The molecule has 0 radical (unpaired) electrons. The Morgan fingerprint density at radius 3 is 2.52 bits per heavy atom. The van der Waals surface area contributed by atoms with Gasteiger partial charge < -0.3 is 9.84 Å². The third kappa shape index (κ3) is 5.45. The van der Waals surface area contributed by atoms with Gasteiger partial charge in [0.1, 0.15) is 5.75 Å². The zero-order valence-electron chi connectivity index (χ0n) is 11.6. The maximum Gasteiger partial charge on any atom is 0.306 e. The number of ether oxygens (including phenoxy) is 1. The molecule has 0 amide bonds. The van der Waals surface area contributed by atoms with E-state index < -0.39 is 22.0 Å². The van der Waals surface area contributed by atoms with Gasteiger partial charge in [0.05, 0.1) is 24.0 Å². The van der Waals surface area contributed by atoms with Crippen LogP contribution in [0.4, 0.5) is 0 Å². The first-order valence-corrected chi connectivity index (χ1v) is 7.80. The maximum absolute atomic E-state index is 12.0. The molecule has 114 valence electrons. The van der Waals surface area contributed by atoms with E-state index in [0.717, 1.165) is 0 Å². The van der Waals surface area contributed by atoms with Crippen LogP contribution in [0.25, 0.3) is 0 Å². The molecule has 7 heteroatoms. The molecule has 0 heterocycles. The summed E-state index contributed by atoms with van der Waals surface area (Å²) in [6, 6.07) is 5.13. The predicted molar refractivity (Wildman–Crippen MR) is 77.4 cm³/mol. The SMILES string of the molecule is C#CC(CC)NS(=O)(=O)c1ccc(OCCC(=O)O)cc1. The number of carbonyl (C=O) groups is 1. The van der Waals surface area contributed by atoms with Crippen molar-refractivity contribution < 1.29 is 23.1 Å². The molecule has 0 spiro atoms. The number of carboxylic acid groups (broad SMARTS) is 1. The molecule has 0 aliphatic carbocycles. The molecule has 1 unspecified atom stereocenters. The Kier molecular flexibility index (Phi) is 6.21. The van der Waals surface area contributed by atoms with Crippen molar-refractivity contribution in [2.24, 2.45) is 0 Å². The number of aliphatic carboxylic acids is 1. The molecule has 1 rings (SSSR count). The van der Waals surface area contributed by atoms with Crippen LogP contribution in [0.1, 0.15) is 19.8 Å². The molecule has 1 aromatic carbocycles. The molecule has 0 aliphatic heterocycles. The third-order valence-corrected chi connectivity index (χ3v) is 4.11. The number of nitrogens with one attached hydrogen (secondary N) is 1. The Labute approximate surface area is 124 Å². The van der Waals surface area contributed by atoms with Crippen LogP contribution in [0.15, 0.2) is 29.2 Å². The van der Waals surface area contributed by atoms with E-state index in [4.69, 9.17) is 16.3 Å². The van der Waals surface area contributed by atoms with Gasteiger partial charge in [-0.25, -0.2) is 8.42 Å². The average molecular weight is 311 g/mol. The number of rotatable bonds is 8. The van der Waals surface area contributed by atoms with E-state index in [-0.39, 0.29) is 17.9 Å². The molecule has 1 aromatic rings. The molecule has 2 N–H and O–H groups in total. The number of terminal acetylenes is 1. The predicted octanol–water partition coefficient (Wildman–Crippen LogP) is 1.23. The van der Waals surface area contributed by atoms with E-state index in [1.165, 1.54) is 24.3 Å². The van der Waals surface area contributed by atoms with E-state index in [9.17, 15) is 13.2 Å². The zero-order chi connectivity index (χ0) is 15.9. The maximum atomic E-state index is 12.0. The molecule has 6 nitrogen and oxygen atoms in total. The lowest BCUT2D eigenvalue weighted by atomic mass is 10.3. The van der Waals surface area contributed by atoms with E-state index in [1.807, 2.05) is 0 Å². The quantitative estimate of drug-likeness (QED) is 0.704. The molecule has 0 saturated heterocycles. The highest BCUT2D eigenvalue weighted by Gasteiger charge is 2.17. The highest BCUT2D eigenvalue weighted by atomic mass is 32.2. The van der Waals surface area contributed by atoms with Gasteiger partial charge in [-0.1, -0.05) is 12.8 Å². The number of sulfonamides is 1. The van der Waals surface area contributed by atoms with Gasteiger partial charge in [-0.2, -0.15) is 4.72 Å². The fourth-order valence-electron chi connectivity index (χ4n) is 1.46. The van der Waals surface area contributed by atoms with E-state index in [0.29, 0.717) is 12.2 Å². The Bertz CT molecular complexity index is 616. The molecule has 0 aliphatic rings. The van der Waals surface area contributed by atoms with Gasteiger partial charge in [-0.05, 0) is 30.7 Å². The summed E-state index contributed by atoms with van der Waals surface area (Å²) in [7, 11) is -3.68. The van der Waals surface area contributed by atoms with Crippen molar-refractivity contribution in [2.75, 3.05) is 6.61 Å². The summed E-state index contributed by atoms with van der Waals surface area (Å²) in [6.45, 7) is 1.81. The van der Waals surface area contributed by atoms with Gasteiger partial charge in [0.25, 0.3) is 0 Å². The topological polar surface area (TPSA) is 92.7 Å². The van der Waals surface area contributed by atoms with Crippen LogP contribution in [0.3, 0.4) is 0 Å². The second-order valence-corrected chi connectivity index (χ2v) is 5.93. The number of hydrogen-bond donors (Lipinski definition) is 2. The van der Waals surface area contributed by atoms with Crippen molar-refractivity contribution >= 4 is 16.0 Å². The van der Waals surface area contributed by atoms with Gasteiger partial charge in [0.2, 0.25) is 10.0 Å². The summed E-state index contributed by atoms with van der Waals surface area (Å²) in [6.07, 6.45) is 5.60. The standard InChI is InChI=1S/C14H17NO5S/c1-3-11(4-2)15-21(18,19)13-7-5-12(6-8-13)20-10-9-14(16)17/h1,5-8,11,15H,4,9-10H2,2H3,(H,16,17). The minimum absolute atomic E-state index is 0.0225. The van der Waals surface area contributed by atoms with Crippen LogP contribution in [-0.4, -0.2) is 32.1 Å². The normalized spacial score (nSPS) is 12.4. The first kappa shape index (κ1) is 17.0. The van der Waals surface area contributed by atoms with Crippen molar-refractivity contribution in [3.63, 3.8) is 0 Å². The van der Waals surface area contributed by atoms with Crippen LogP contribution in [0, 0.1) is 12.3 Å². The van der Waals surface area contributed by atoms with Crippen LogP contribution in [0.2, 0.25) is 0 Å². The highest BCUT2D eigenvalue weighted by molar-refractivity contribution is 7.89. The molecule has 21 heavy (non-hydrogen) atoms. The summed E-state index contributed by atoms with van der Waals surface area (Å²) in [5, 5.41) is 8.49. The van der Waals surface area contributed by atoms with Gasteiger partial charge in [-0.15, -0.1) is 6.42 Å². The van der Waals surface area contributed by atoms with Crippen LogP contribution in [0.5, 0.6) is 5.75 Å². The molecule has 0 saturated carbocycles. The van der Waals surface area contributed by atoms with Crippen molar-refractivity contribution in [2.45, 2.75) is 30.7 Å². The monoisotopic (exact) mass is 311 g/mol. The lowest BCUT2D eigenvalue weighted by molar-refractivity contribution is -0.137. The van der Waals surface area contributed by atoms with Gasteiger partial charge >= 0.3 is 5.97 Å². The molecule has 1 atom stereocenters. The molecule has 0 aromatic heterocycles. The van der Waals surface area contributed by atoms with E-state index in [1.54, 1.807) is 6.92 Å². The van der Waals surface area contributed by atoms with Crippen LogP contribution in [-0.2, 0) is 14.8 Å². The van der Waals surface area contributed by atoms with Crippen molar-refractivity contribution in [1.82, 2.24) is 4.72 Å². The Balaban J connectivity index is 2.73. The Morgan fingerprint density at radius 1 is 1.43 bits per heavy atom. The summed E-state index contributed by atoms with van der Waals surface area (Å²) in [4.78, 5) is 10.4. The minimum atomic E-state index is -3.68. The van der Waals surface area contributed by atoms with Crippen molar-refractivity contribution in [3.05, 3.63) is 24.3 Å². The number of carboxylic acids is 1. The van der Waals surface area contributed by atoms with Crippen molar-refractivity contribution in [1.29, 1.82) is 0 Å². The van der Waals surface area contributed by atoms with Gasteiger partial charge in [0, 0.05) is 0 Å². The Hall–Kier alpha value is -2.04. The largest absolute Gasteiger partial charge is 0.493 e. The second kappa shape index (κ2) is 7.67. The lowest BCUT2D eigenvalue weighted by Crippen LogP contribution is -2.33. The number of hydrogen-bond acceptors (Lipinski definition) is 4. The average Bonchev–Trinajstić information content (AvgIpc) is 2.45. The summed E-state index contributed by atoms with van der Waals surface area (Å²) < 4.78 is 31.7. The fraction of sp³-hybridized carbons (Fsp3) is 0.357. The van der Waals surface area contributed by atoms with E-state index >= 15 is 0 Å². The fourth-order valence-corrected chi connectivity index (χ4v) is 2.70. The minimum Gasteiger partial charge on any atom is -0.493 e. The lowest BCUT2D eigenvalue weighted by Gasteiger charge is -2.12. The first-order chi connectivity index (χ1) is 9.89. The molecular weight excluding hydrogens is 294 g/mol. The second-order valence-electron chi connectivity index (χ2n) is 4.21. The van der Waals surface area contributed by atoms with E-state index in [2.05, 4.69) is 10.6 Å². The summed E-state index contributed by atoms with van der Waals surface area (Å²) in [5.41, 5.74) is 0. The zero-order valence-corrected chi connectivity index (χ0v) is 12.4.